The van der Waals surface area contributed by atoms with Gasteiger partial charge in [-0.05, 0) is 20.8 Å². The molecule has 0 aliphatic heterocycles. The summed E-state index contributed by atoms with van der Waals surface area (Å²) in [4.78, 5) is 10.7. The third-order valence-electron chi connectivity index (χ3n) is 1.71. The highest BCUT2D eigenvalue weighted by atomic mass is 16.5. The molecule has 0 fully saturated rings. The fourth-order valence-corrected chi connectivity index (χ4v) is 0.616. The van der Waals surface area contributed by atoms with Crippen LogP contribution in [0.1, 0.15) is 20.8 Å². The van der Waals surface area contributed by atoms with Crippen LogP contribution in [0.2, 0.25) is 0 Å². The van der Waals surface area contributed by atoms with Gasteiger partial charge < -0.3 is 10.5 Å². The first kappa shape index (κ1) is 9.59. The van der Waals surface area contributed by atoms with E-state index in [0.717, 1.165) is 0 Å². The van der Waals surface area contributed by atoms with Crippen molar-refractivity contribution in [2.75, 3.05) is 7.11 Å². The lowest BCUT2D eigenvalue weighted by molar-refractivity contribution is -0.124. The van der Waals surface area contributed by atoms with Crippen molar-refractivity contribution in [3.8, 4) is 0 Å². The molecular formula is C7H15NO2. The van der Waals surface area contributed by atoms with Crippen molar-refractivity contribution in [2.45, 2.75) is 32.4 Å². The molecular weight excluding hydrogens is 130 g/mol. The minimum atomic E-state index is -0.550. The number of carbonyl (C=O) groups excluding carboxylic acids is 1. The third-order valence-corrected chi connectivity index (χ3v) is 1.71. The Labute approximate surface area is 61.5 Å². The molecule has 0 spiro atoms. The van der Waals surface area contributed by atoms with E-state index in [9.17, 15) is 4.79 Å². The molecule has 60 valence electrons. The zero-order chi connectivity index (χ0) is 8.36. The van der Waals surface area contributed by atoms with Gasteiger partial charge in [0, 0.05) is 7.11 Å². The Morgan fingerprint density at radius 2 is 2.00 bits per heavy atom. The second-order valence-corrected chi connectivity index (χ2v) is 2.90. The van der Waals surface area contributed by atoms with Gasteiger partial charge in [0.05, 0.1) is 11.6 Å². The SMILES string of the molecule is COC(C)(C)[C@H](N)C(C)=O. The van der Waals surface area contributed by atoms with E-state index in [4.69, 9.17) is 10.5 Å². The molecule has 0 aromatic rings. The molecule has 0 aromatic carbocycles. The van der Waals surface area contributed by atoms with Crippen LogP contribution in [0.25, 0.3) is 0 Å². The monoisotopic (exact) mass is 145 g/mol. The van der Waals surface area contributed by atoms with Crippen LogP contribution in [0.3, 0.4) is 0 Å². The number of Topliss-reactive ketones (excluding diaryl/α,β-unsaturated/α-hetero) is 1. The summed E-state index contributed by atoms with van der Waals surface area (Å²) in [5.41, 5.74) is 4.98. The van der Waals surface area contributed by atoms with Crippen LogP contribution in [-0.2, 0) is 9.53 Å². The van der Waals surface area contributed by atoms with Crippen LogP contribution in [0, 0.1) is 0 Å². The second kappa shape index (κ2) is 3.12. The number of hydrogen-bond donors (Lipinski definition) is 1. The number of carbonyl (C=O) groups is 1. The molecule has 0 aliphatic carbocycles. The molecule has 0 bridgehead atoms. The van der Waals surface area contributed by atoms with E-state index >= 15 is 0 Å². The minimum absolute atomic E-state index is 0.0492. The number of ketones is 1. The Morgan fingerprint density at radius 3 is 2.10 bits per heavy atom. The fraction of sp³-hybridized carbons (Fsp3) is 0.857. The van der Waals surface area contributed by atoms with Crippen LogP contribution < -0.4 is 5.73 Å². The van der Waals surface area contributed by atoms with Crippen LogP contribution in [-0.4, -0.2) is 24.5 Å². The van der Waals surface area contributed by atoms with Gasteiger partial charge in [0.25, 0.3) is 0 Å². The first-order chi connectivity index (χ1) is 4.41. The zero-order valence-corrected chi connectivity index (χ0v) is 6.97. The van der Waals surface area contributed by atoms with Crippen molar-refractivity contribution in [3.63, 3.8) is 0 Å². The number of hydrogen-bond acceptors (Lipinski definition) is 3. The number of ether oxygens (including phenoxy) is 1. The molecule has 3 heteroatoms. The second-order valence-electron chi connectivity index (χ2n) is 2.90. The van der Waals surface area contributed by atoms with Gasteiger partial charge >= 0.3 is 0 Å². The summed E-state index contributed by atoms with van der Waals surface area (Å²) >= 11 is 0. The van der Waals surface area contributed by atoms with E-state index in [2.05, 4.69) is 0 Å². The largest absolute Gasteiger partial charge is 0.377 e. The van der Waals surface area contributed by atoms with Gasteiger partial charge in [-0.2, -0.15) is 0 Å². The molecule has 0 aliphatic rings. The highest BCUT2D eigenvalue weighted by molar-refractivity contribution is 5.82. The lowest BCUT2D eigenvalue weighted by Crippen LogP contribution is -2.49. The van der Waals surface area contributed by atoms with E-state index in [0.29, 0.717) is 0 Å². The number of rotatable bonds is 3. The molecule has 1 atom stereocenters. The Balaban J connectivity index is 4.17. The van der Waals surface area contributed by atoms with Gasteiger partial charge in [-0.25, -0.2) is 0 Å². The summed E-state index contributed by atoms with van der Waals surface area (Å²) in [6.45, 7) is 5.05. The Bertz CT molecular complexity index is 132. The van der Waals surface area contributed by atoms with Crippen LogP contribution in [0.4, 0.5) is 0 Å². The maximum absolute atomic E-state index is 10.7. The van der Waals surface area contributed by atoms with E-state index in [1.54, 1.807) is 21.0 Å². The molecule has 0 heterocycles. The Hall–Kier alpha value is -0.410. The average molecular weight is 145 g/mol. The summed E-state index contributed by atoms with van der Waals surface area (Å²) in [6.07, 6.45) is 0. The van der Waals surface area contributed by atoms with Crippen LogP contribution >= 0.6 is 0 Å². The summed E-state index contributed by atoms with van der Waals surface area (Å²) < 4.78 is 5.01. The maximum atomic E-state index is 10.7. The Morgan fingerprint density at radius 1 is 1.60 bits per heavy atom. The van der Waals surface area contributed by atoms with Crippen molar-refractivity contribution in [2.24, 2.45) is 5.73 Å². The smallest absolute Gasteiger partial charge is 0.149 e. The summed E-state index contributed by atoms with van der Waals surface area (Å²) in [6, 6.07) is -0.530. The quantitative estimate of drug-likeness (QED) is 0.622. The van der Waals surface area contributed by atoms with Gasteiger partial charge in [-0.15, -0.1) is 0 Å². The highest BCUT2D eigenvalue weighted by Gasteiger charge is 2.28. The van der Waals surface area contributed by atoms with Gasteiger partial charge in [0.15, 0.2) is 0 Å². The van der Waals surface area contributed by atoms with Crippen LogP contribution in [0.15, 0.2) is 0 Å². The van der Waals surface area contributed by atoms with Gasteiger partial charge in [-0.1, -0.05) is 0 Å². The average Bonchev–Trinajstić information content (AvgIpc) is 1.86. The third kappa shape index (κ3) is 2.08. The predicted octanol–water partition coefficient (Wildman–Crippen LogP) is 0.328. The number of methoxy groups -OCH3 is 1. The molecule has 10 heavy (non-hydrogen) atoms. The lowest BCUT2D eigenvalue weighted by Gasteiger charge is -2.27. The van der Waals surface area contributed by atoms with E-state index < -0.39 is 11.6 Å². The molecule has 2 N–H and O–H groups in total. The number of nitrogens with two attached hydrogens (primary N) is 1. The normalized spacial score (nSPS) is 14.9. The van der Waals surface area contributed by atoms with Crippen molar-refractivity contribution in [1.82, 2.24) is 0 Å². The minimum Gasteiger partial charge on any atom is -0.377 e. The molecule has 0 amide bonds. The summed E-state index contributed by atoms with van der Waals surface area (Å²) in [7, 11) is 1.54. The standard InChI is InChI=1S/C7H15NO2/c1-5(9)6(8)7(2,3)10-4/h6H,8H2,1-4H3/t6-/m1/s1. The van der Waals surface area contributed by atoms with Crippen LogP contribution in [0.5, 0.6) is 0 Å². The molecule has 0 aromatic heterocycles. The predicted molar refractivity (Wildman–Crippen MR) is 39.7 cm³/mol. The molecule has 0 unspecified atom stereocenters. The molecule has 0 rings (SSSR count). The summed E-state index contributed by atoms with van der Waals surface area (Å²) in [5, 5.41) is 0. The molecule has 0 radical (unpaired) electrons. The van der Waals surface area contributed by atoms with Crippen molar-refractivity contribution in [1.29, 1.82) is 0 Å². The van der Waals surface area contributed by atoms with E-state index in [-0.39, 0.29) is 5.78 Å². The van der Waals surface area contributed by atoms with Crippen molar-refractivity contribution in [3.05, 3.63) is 0 Å². The van der Waals surface area contributed by atoms with E-state index in [1.807, 2.05) is 0 Å². The summed E-state index contributed by atoms with van der Waals surface area (Å²) in [5.74, 6) is -0.0492. The lowest BCUT2D eigenvalue weighted by atomic mass is 9.96. The molecule has 3 nitrogen and oxygen atoms in total. The van der Waals surface area contributed by atoms with Gasteiger partial charge in [-0.3, -0.25) is 4.79 Å². The highest BCUT2D eigenvalue weighted by Crippen LogP contribution is 2.11. The van der Waals surface area contributed by atoms with Gasteiger partial charge in [0.1, 0.15) is 5.78 Å². The van der Waals surface area contributed by atoms with Gasteiger partial charge in [0.2, 0.25) is 0 Å². The molecule has 0 saturated carbocycles. The topological polar surface area (TPSA) is 52.3 Å². The van der Waals surface area contributed by atoms with E-state index in [1.165, 1.54) is 6.92 Å². The fourth-order valence-electron chi connectivity index (χ4n) is 0.616. The Kier molecular flexibility index (Phi) is 2.99. The first-order valence-electron chi connectivity index (χ1n) is 3.23. The van der Waals surface area contributed by atoms with Crippen molar-refractivity contribution < 1.29 is 9.53 Å². The molecule has 0 saturated heterocycles. The zero-order valence-electron chi connectivity index (χ0n) is 6.97. The first-order valence-corrected chi connectivity index (χ1v) is 3.23. The van der Waals surface area contributed by atoms with Crippen molar-refractivity contribution >= 4 is 5.78 Å². The maximum Gasteiger partial charge on any atom is 0.149 e.